The molecule has 0 unspecified atom stereocenters. The summed E-state index contributed by atoms with van der Waals surface area (Å²) < 4.78 is 5.82. The molecule has 0 aliphatic carbocycles. The van der Waals surface area contributed by atoms with Gasteiger partial charge in [-0.15, -0.1) is 6.58 Å². The molecule has 0 fully saturated rings. The summed E-state index contributed by atoms with van der Waals surface area (Å²) in [5.74, 6) is 0.997. The molecule has 0 radical (unpaired) electrons. The molecule has 0 aliphatic rings. The fourth-order valence-electron chi connectivity index (χ4n) is 1.86. The first-order valence-corrected chi connectivity index (χ1v) is 7.00. The van der Waals surface area contributed by atoms with E-state index in [1.54, 1.807) is 0 Å². The molecule has 106 valence electrons. The van der Waals surface area contributed by atoms with Gasteiger partial charge in [0.15, 0.2) is 0 Å². The zero-order valence-electron chi connectivity index (χ0n) is 12.8. The summed E-state index contributed by atoms with van der Waals surface area (Å²) in [6.45, 7) is 15.0. The van der Waals surface area contributed by atoms with E-state index in [4.69, 9.17) is 4.74 Å². The number of ether oxygens (including phenoxy) is 1. The lowest BCUT2D eigenvalue weighted by atomic mass is 9.86. The summed E-state index contributed by atoms with van der Waals surface area (Å²) in [4.78, 5) is 0. The van der Waals surface area contributed by atoms with Gasteiger partial charge >= 0.3 is 0 Å². The minimum absolute atomic E-state index is 0.192. The summed E-state index contributed by atoms with van der Waals surface area (Å²) in [6.07, 6.45) is 2.88. The molecular weight excluding hydrogens is 234 g/mol. The predicted molar refractivity (Wildman–Crippen MR) is 83.1 cm³/mol. The highest BCUT2D eigenvalue weighted by atomic mass is 16.5. The van der Waals surface area contributed by atoms with Gasteiger partial charge in [0.05, 0.1) is 6.61 Å². The first kappa shape index (κ1) is 15.8. The van der Waals surface area contributed by atoms with Gasteiger partial charge in [0.1, 0.15) is 5.75 Å². The van der Waals surface area contributed by atoms with E-state index in [0.717, 1.165) is 31.9 Å². The average molecular weight is 261 g/mol. The molecule has 1 aromatic carbocycles. The molecule has 1 rings (SSSR count). The Morgan fingerprint density at radius 2 is 2.05 bits per heavy atom. The lowest BCUT2D eigenvalue weighted by Gasteiger charge is -2.20. The van der Waals surface area contributed by atoms with Crippen molar-refractivity contribution >= 4 is 0 Å². The second-order valence-corrected chi connectivity index (χ2v) is 5.93. The second kappa shape index (κ2) is 7.34. The second-order valence-electron chi connectivity index (χ2n) is 5.93. The fraction of sp³-hybridized carbons (Fsp3) is 0.529. The molecule has 0 bridgehead atoms. The summed E-state index contributed by atoms with van der Waals surface area (Å²) in [7, 11) is 0. The number of benzene rings is 1. The topological polar surface area (TPSA) is 21.3 Å². The van der Waals surface area contributed by atoms with E-state index in [0.29, 0.717) is 0 Å². The minimum Gasteiger partial charge on any atom is -0.493 e. The Morgan fingerprint density at radius 3 is 2.63 bits per heavy atom. The molecule has 1 aromatic rings. The van der Waals surface area contributed by atoms with Crippen molar-refractivity contribution in [3.63, 3.8) is 0 Å². The highest BCUT2D eigenvalue weighted by Gasteiger charge is 2.14. The first-order valence-electron chi connectivity index (χ1n) is 7.00. The van der Waals surface area contributed by atoms with Crippen LogP contribution in [0.5, 0.6) is 5.75 Å². The van der Waals surface area contributed by atoms with Crippen molar-refractivity contribution in [1.82, 2.24) is 5.32 Å². The third kappa shape index (κ3) is 5.48. The van der Waals surface area contributed by atoms with Gasteiger partial charge in [-0.1, -0.05) is 39.0 Å². The third-order valence-electron chi connectivity index (χ3n) is 3.09. The quantitative estimate of drug-likeness (QED) is 0.595. The van der Waals surface area contributed by atoms with Crippen LogP contribution in [0.1, 0.15) is 38.3 Å². The molecule has 19 heavy (non-hydrogen) atoms. The van der Waals surface area contributed by atoms with Crippen LogP contribution in [0.25, 0.3) is 0 Å². The molecule has 0 aliphatic heterocycles. The maximum atomic E-state index is 5.82. The van der Waals surface area contributed by atoms with Crippen LogP contribution in [0.3, 0.4) is 0 Å². The van der Waals surface area contributed by atoms with Gasteiger partial charge in [0.25, 0.3) is 0 Å². The number of hydrogen-bond acceptors (Lipinski definition) is 2. The largest absolute Gasteiger partial charge is 0.493 e. The Kier molecular flexibility index (Phi) is 6.10. The first-order chi connectivity index (χ1) is 8.95. The van der Waals surface area contributed by atoms with Crippen molar-refractivity contribution in [3.05, 3.63) is 42.0 Å². The maximum Gasteiger partial charge on any atom is 0.122 e. The minimum atomic E-state index is 0.192. The van der Waals surface area contributed by atoms with Crippen molar-refractivity contribution in [2.24, 2.45) is 0 Å². The van der Waals surface area contributed by atoms with E-state index in [-0.39, 0.29) is 5.41 Å². The molecule has 1 N–H and O–H groups in total. The maximum absolute atomic E-state index is 5.82. The Balaban J connectivity index is 2.45. The molecule has 0 spiro atoms. The monoisotopic (exact) mass is 261 g/mol. The van der Waals surface area contributed by atoms with Crippen LogP contribution < -0.4 is 10.1 Å². The highest BCUT2D eigenvalue weighted by Crippen LogP contribution is 2.27. The van der Waals surface area contributed by atoms with Gasteiger partial charge in [0.2, 0.25) is 0 Å². The van der Waals surface area contributed by atoms with Crippen LogP contribution in [0.15, 0.2) is 30.9 Å². The Hall–Kier alpha value is -1.28. The van der Waals surface area contributed by atoms with Gasteiger partial charge in [-0.3, -0.25) is 0 Å². The molecule has 2 nitrogen and oxygen atoms in total. The molecular formula is C17H27NO. The van der Waals surface area contributed by atoms with E-state index in [9.17, 15) is 0 Å². The van der Waals surface area contributed by atoms with Gasteiger partial charge in [-0.2, -0.15) is 0 Å². The van der Waals surface area contributed by atoms with Crippen LogP contribution in [0.2, 0.25) is 0 Å². The van der Waals surface area contributed by atoms with Crippen molar-refractivity contribution in [2.45, 2.75) is 39.5 Å². The predicted octanol–water partition coefficient (Wildman–Crippen LogP) is 3.84. The van der Waals surface area contributed by atoms with Gasteiger partial charge < -0.3 is 10.1 Å². The normalized spacial score (nSPS) is 11.4. The number of rotatable bonds is 7. The molecule has 0 atom stereocenters. The average Bonchev–Trinajstić information content (AvgIpc) is 2.34. The van der Waals surface area contributed by atoms with E-state index >= 15 is 0 Å². The van der Waals surface area contributed by atoms with Crippen LogP contribution in [0, 0.1) is 6.92 Å². The van der Waals surface area contributed by atoms with E-state index in [1.165, 1.54) is 11.1 Å². The Morgan fingerprint density at radius 1 is 1.32 bits per heavy atom. The van der Waals surface area contributed by atoms with Crippen molar-refractivity contribution in [2.75, 3.05) is 19.7 Å². The summed E-state index contributed by atoms with van der Waals surface area (Å²) in [5, 5.41) is 3.27. The smallest absolute Gasteiger partial charge is 0.122 e. The Labute approximate surface area is 117 Å². The van der Waals surface area contributed by atoms with Crippen molar-refractivity contribution in [1.29, 1.82) is 0 Å². The molecule has 0 saturated carbocycles. The SMILES string of the molecule is C=CCNCCCOc1ccc(C(C)(C)C)cc1C. The molecule has 0 heterocycles. The molecule has 0 saturated heterocycles. The summed E-state index contributed by atoms with van der Waals surface area (Å²) >= 11 is 0. The van der Waals surface area contributed by atoms with Gasteiger partial charge in [-0.05, 0) is 42.5 Å². The van der Waals surface area contributed by atoms with E-state index in [2.05, 4.69) is 57.8 Å². The van der Waals surface area contributed by atoms with Crippen LogP contribution in [0.4, 0.5) is 0 Å². The molecule has 2 heteroatoms. The van der Waals surface area contributed by atoms with E-state index in [1.807, 2.05) is 6.08 Å². The molecule has 0 aromatic heterocycles. The third-order valence-corrected chi connectivity index (χ3v) is 3.09. The number of nitrogens with one attached hydrogen (secondary N) is 1. The Bertz CT molecular complexity index is 404. The number of hydrogen-bond donors (Lipinski definition) is 1. The lowest BCUT2D eigenvalue weighted by Crippen LogP contribution is -2.17. The lowest BCUT2D eigenvalue weighted by molar-refractivity contribution is 0.307. The van der Waals surface area contributed by atoms with Crippen LogP contribution >= 0.6 is 0 Å². The zero-order chi connectivity index (χ0) is 14.3. The standard InChI is InChI=1S/C17H27NO/c1-6-10-18-11-7-12-19-16-9-8-15(13-14(16)2)17(3,4)5/h6,8-9,13,18H,1,7,10-12H2,2-5H3. The summed E-state index contributed by atoms with van der Waals surface area (Å²) in [6, 6.07) is 6.48. The van der Waals surface area contributed by atoms with E-state index < -0.39 is 0 Å². The van der Waals surface area contributed by atoms with Gasteiger partial charge in [-0.25, -0.2) is 0 Å². The highest BCUT2D eigenvalue weighted by molar-refractivity contribution is 5.38. The van der Waals surface area contributed by atoms with Crippen LogP contribution in [-0.4, -0.2) is 19.7 Å². The van der Waals surface area contributed by atoms with Gasteiger partial charge in [0, 0.05) is 6.54 Å². The summed E-state index contributed by atoms with van der Waals surface area (Å²) in [5.41, 5.74) is 2.76. The molecule has 0 amide bonds. The number of aryl methyl sites for hydroxylation is 1. The zero-order valence-corrected chi connectivity index (χ0v) is 12.8. The van der Waals surface area contributed by atoms with Crippen LogP contribution in [-0.2, 0) is 5.41 Å². The van der Waals surface area contributed by atoms with Crippen molar-refractivity contribution in [3.8, 4) is 5.75 Å². The fourth-order valence-corrected chi connectivity index (χ4v) is 1.86. The van der Waals surface area contributed by atoms with Crippen molar-refractivity contribution < 1.29 is 4.74 Å².